The van der Waals surface area contributed by atoms with E-state index in [2.05, 4.69) is 21.0 Å². The van der Waals surface area contributed by atoms with Crippen molar-refractivity contribution in [1.82, 2.24) is 9.78 Å². The van der Waals surface area contributed by atoms with E-state index < -0.39 is 0 Å². The highest BCUT2D eigenvalue weighted by molar-refractivity contribution is 9.10. The minimum absolute atomic E-state index is 0.0978. The molecule has 4 nitrogen and oxygen atoms in total. The van der Waals surface area contributed by atoms with Gasteiger partial charge in [0.1, 0.15) is 5.69 Å². The first kappa shape index (κ1) is 12.8. The van der Waals surface area contributed by atoms with Crippen molar-refractivity contribution in [1.29, 1.82) is 0 Å². The van der Waals surface area contributed by atoms with Crippen LogP contribution in [0, 0.1) is 0 Å². The maximum absolute atomic E-state index is 12.3. The van der Waals surface area contributed by atoms with Gasteiger partial charge in [-0.15, -0.1) is 0 Å². The lowest BCUT2D eigenvalue weighted by atomic mass is 9.91. The van der Waals surface area contributed by atoms with Crippen LogP contribution < -0.4 is 5.73 Å². The summed E-state index contributed by atoms with van der Waals surface area (Å²) in [6, 6.07) is 0. The summed E-state index contributed by atoms with van der Waals surface area (Å²) in [7, 11) is 0. The van der Waals surface area contributed by atoms with Gasteiger partial charge in [-0.25, -0.2) is 0 Å². The summed E-state index contributed by atoms with van der Waals surface area (Å²) in [5, 5.41) is 4.16. The third-order valence-electron chi connectivity index (χ3n) is 3.47. The molecule has 0 aromatic carbocycles. The smallest absolute Gasteiger partial charge is 0.183 e. The lowest BCUT2D eigenvalue weighted by Crippen LogP contribution is -2.39. The average molecular weight is 300 g/mol. The number of ketones is 1. The van der Waals surface area contributed by atoms with Crippen LogP contribution in [0.3, 0.4) is 0 Å². The fraction of sp³-hybridized carbons (Fsp3) is 0.667. The van der Waals surface area contributed by atoms with E-state index in [-0.39, 0.29) is 11.3 Å². The zero-order valence-electron chi connectivity index (χ0n) is 10.1. The maximum atomic E-state index is 12.3. The van der Waals surface area contributed by atoms with E-state index in [9.17, 15) is 4.79 Å². The average Bonchev–Trinajstić information content (AvgIpc) is 2.84. The number of nitrogens with zero attached hydrogens (tertiary/aromatic N) is 2. The van der Waals surface area contributed by atoms with Gasteiger partial charge in [0.05, 0.1) is 10.7 Å². The molecule has 0 unspecified atom stereocenters. The van der Waals surface area contributed by atoms with Crippen LogP contribution in [-0.4, -0.2) is 21.1 Å². The molecule has 0 bridgehead atoms. The lowest BCUT2D eigenvalue weighted by molar-refractivity contribution is 0.0941. The number of rotatable bonds is 4. The van der Waals surface area contributed by atoms with Gasteiger partial charge in [-0.1, -0.05) is 12.8 Å². The van der Waals surface area contributed by atoms with Crippen molar-refractivity contribution in [3.8, 4) is 0 Å². The molecule has 0 radical (unpaired) electrons. The Bertz CT molecular complexity index is 421. The van der Waals surface area contributed by atoms with Crippen LogP contribution in [0.5, 0.6) is 0 Å². The second kappa shape index (κ2) is 4.90. The third-order valence-corrected chi connectivity index (χ3v) is 4.05. The van der Waals surface area contributed by atoms with Gasteiger partial charge in [0.25, 0.3) is 0 Å². The number of carbonyl (C=O) groups excluding carboxylic acids is 1. The molecule has 1 aromatic heterocycles. The van der Waals surface area contributed by atoms with E-state index in [4.69, 9.17) is 5.73 Å². The summed E-state index contributed by atoms with van der Waals surface area (Å²) in [4.78, 5) is 12.3. The minimum Gasteiger partial charge on any atom is -0.325 e. The molecule has 0 atom stereocenters. The Balaban J connectivity index is 2.16. The largest absolute Gasteiger partial charge is 0.325 e. The molecule has 0 saturated heterocycles. The van der Waals surface area contributed by atoms with Gasteiger partial charge in [0.2, 0.25) is 0 Å². The van der Waals surface area contributed by atoms with Gasteiger partial charge >= 0.3 is 0 Å². The Kier molecular flexibility index (Phi) is 3.68. The highest BCUT2D eigenvalue weighted by Gasteiger charge is 2.33. The number of hydrogen-bond acceptors (Lipinski definition) is 3. The fourth-order valence-corrected chi connectivity index (χ4v) is 3.06. The van der Waals surface area contributed by atoms with Crippen molar-refractivity contribution in [2.45, 2.75) is 51.1 Å². The number of halogens is 1. The SMILES string of the molecule is CCn1ncc(Br)c1C(=O)CC1(N)CCCC1. The highest BCUT2D eigenvalue weighted by Crippen LogP contribution is 2.32. The van der Waals surface area contributed by atoms with Crippen molar-refractivity contribution in [3.05, 3.63) is 16.4 Å². The first-order valence-corrected chi connectivity index (χ1v) is 6.88. The zero-order chi connectivity index (χ0) is 12.5. The first-order valence-electron chi connectivity index (χ1n) is 6.09. The van der Waals surface area contributed by atoms with Gasteiger partial charge in [-0.2, -0.15) is 5.10 Å². The van der Waals surface area contributed by atoms with Crippen molar-refractivity contribution < 1.29 is 4.79 Å². The second-order valence-corrected chi connectivity index (χ2v) is 5.68. The Hall–Kier alpha value is -0.680. The van der Waals surface area contributed by atoms with Crippen LogP contribution in [0.1, 0.15) is 49.5 Å². The fourth-order valence-electron chi connectivity index (χ4n) is 2.54. The van der Waals surface area contributed by atoms with Crippen LogP contribution in [0.25, 0.3) is 0 Å². The standard InChI is InChI=1S/C12H18BrN3O/c1-2-16-11(9(13)8-15-16)10(17)7-12(14)5-3-4-6-12/h8H,2-7,14H2,1H3. The predicted octanol–water partition coefficient (Wildman–Crippen LogP) is 2.51. The lowest BCUT2D eigenvalue weighted by Gasteiger charge is -2.22. The molecule has 1 aromatic rings. The third kappa shape index (κ3) is 2.60. The molecule has 1 aliphatic carbocycles. The topological polar surface area (TPSA) is 60.9 Å². The molecule has 1 fully saturated rings. The molecule has 1 saturated carbocycles. The van der Waals surface area contributed by atoms with E-state index in [1.165, 1.54) is 0 Å². The summed E-state index contributed by atoms with van der Waals surface area (Å²) in [5.41, 5.74) is 6.61. The molecule has 1 heterocycles. The van der Waals surface area contributed by atoms with E-state index in [1.54, 1.807) is 10.9 Å². The normalized spacial score (nSPS) is 18.5. The number of carbonyl (C=O) groups is 1. The van der Waals surface area contributed by atoms with E-state index in [1.807, 2.05) is 6.92 Å². The quantitative estimate of drug-likeness (QED) is 0.869. The summed E-state index contributed by atoms with van der Waals surface area (Å²) in [5.74, 6) is 0.0978. The maximum Gasteiger partial charge on any atom is 0.183 e. The summed E-state index contributed by atoms with van der Waals surface area (Å²) < 4.78 is 2.50. The Labute approximate surface area is 110 Å². The minimum atomic E-state index is -0.292. The molecule has 2 N–H and O–H groups in total. The van der Waals surface area contributed by atoms with Gasteiger partial charge in [0.15, 0.2) is 5.78 Å². The first-order chi connectivity index (χ1) is 8.06. The molecule has 0 aliphatic heterocycles. The van der Waals surface area contributed by atoms with Crippen molar-refractivity contribution in [2.24, 2.45) is 5.73 Å². The molecular weight excluding hydrogens is 282 g/mol. The van der Waals surface area contributed by atoms with Crippen molar-refractivity contribution in [2.75, 3.05) is 0 Å². The molecule has 0 amide bonds. The van der Waals surface area contributed by atoms with E-state index in [0.717, 1.165) is 30.2 Å². The molecule has 17 heavy (non-hydrogen) atoms. The number of hydrogen-bond donors (Lipinski definition) is 1. The molecule has 1 aliphatic rings. The van der Waals surface area contributed by atoms with E-state index >= 15 is 0 Å². The van der Waals surface area contributed by atoms with Crippen LogP contribution >= 0.6 is 15.9 Å². The van der Waals surface area contributed by atoms with Crippen LogP contribution in [0.4, 0.5) is 0 Å². The van der Waals surface area contributed by atoms with Crippen LogP contribution in [0.2, 0.25) is 0 Å². The summed E-state index contributed by atoms with van der Waals surface area (Å²) >= 11 is 3.38. The van der Waals surface area contributed by atoms with Gasteiger partial charge < -0.3 is 5.73 Å². The molecule has 0 spiro atoms. The Morgan fingerprint density at radius 2 is 2.24 bits per heavy atom. The predicted molar refractivity (Wildman–Crippen MR) is 69.9 cm³/mol. The number of nitrogens with two attached hydrogens (primary N) is 1. The van der Waals surface area contributed by atoms with Crippen molar-refractivity contribution >= 4 is 21.7 Å². The molecule has 94 valence electrons. The Morgan fingerprint density at radius 1 is 1.59 bits per heavy atom. The Morgan fingerprint density at radius 3 is 2.82 bits per heavy atom. The van der Waals surface area contributed by atoms with Gasteiger partial charge in [-0.3, -0.25) is 9.48 Å². The van der Waals surface area contributed by atoms with Crippen LogP contribution in [0.15, 0.2) is 10.7 Å². The highest BCUT2D eigenvalue weighted by atomic mass is 79.9. The number of Topliss-reactive ketones (excluding diaryl/α,β-unsaturated/α-hetero) is 1. The zero-order valence-corrected chi connectivity index (χ0v) is 11.7. The monoisotopic (exact) mass is 299 g/mol. The number of aryl methyl sites for hydroxylation is 1. The summed E-state index contributed by atoms with van der Waals surface area (Å²) in [6.07, 6.45) is 6.29. The van der Waals surface area contributed by atoms with E-state index in [0.29, 0.717) is 18.7 Å². The molecular formula is C12H18BrN3O. The van der Waals surface area contributed by atoms with Crippen molar-refractivity contribution in [3.63, 3.8) is 0 Å². The van der Waals surface area contributed by atoms with Crippen LogP contribution in [-0.2, 0) is 6.54 Å². The second-order valence-electron chi connectivity index (χ2n) is 4.83. The summed E-state index contributed by atoms with van der Waals surface area (Å²) in [6.45, 7) is 2.67. The van der Waals surface area contributed by atoms with Gasteiger partial charge in [0, 0.05) is 18.5 Å². The van der Waals surface area contributed by atoms with Gasteiger partial charge in [-0.05, 0) is 35.7 Å². The number of aromatic nitrogens is 2. The molecule has 2 rings (SSSR count). The molecule has 5 heteroatoms.